The van der Waals surface area contributed by atoms with Crippen molar-refractivity contribution in [3.63, 3.8) is 0 Å². The maximum absolute atomic E-state index is 4.39. The lowest BCUT2D eigenvalue weighted by molar-refractivity contribution is 0.463. The van der Waals surface area contributed by atoms with Crippen LogP contribution >= 0.6 is 0 Å². The van der Waals surface area contributed by atoms with Gasteiger partial charge in [0.2, 0.25) is 0 Å². The average molecular weight is 215 g/mol. The molecule has 1 atom stereocenters. The van der Waals surface area contributed by atoms with Crippen LogP contribution in [0.4, 0.5) is 0 Å². The predicted molar refractivity (Wildman–Crippen MR) is 64.8 cm³/mol. The van der Waals surface area contributed by atoms with Gasteiger partial charge in [0.1, 0.15) is 0 Å². The van der Waals surface area contributed by atoms with Crippen LogP contribution in [0.15, 0.2) is 24.7 Å². The number of aryl methyl sites for hydroxylation is 1. The molecule has 0 saturated carbocycles. The summed E-state index contributed by atoms with van der Waals surface area (Å²) in [6.07, 6.45) is 8.61. The summed E-state index contributed by atoms with van der Waals surface area (Å²) in [6.45, 7) is 4.36. The van der Waals surface area contributed by atoms with Crippen LogP contribution in [-0.2, 0) is 0 Å². The quantitative estimate of drug-likeness (QED) is 0.789. The minimum atomic E-state index is 0.654. The van der Waals surface area contributed by atoms with Gasteiger partial charge in [-0.25, -0.2) is 0 Å². The van der Waals surface area contributed by atoms with Crippen molar-refractivity contribution in [2.24, 2.45) is 0 Å². The fraction of sp³-hybridized carbons (Fsp3) is 0.462. The molecule has 3 heteroatoms. The van der Waals surface area contributed by atoms with E-state index in [0.717, 1.165) is 12.2 Å². The standard InChI is InChI=1S/C13H17N3/c1-10-13-12(11-3-2-5-14-9-11)4-7-16(13)8-6-15-10/h4,6-8,11,14H,2-3,5,9H2,1H3. The van der Waals surface area contributed by atoms with Crippen molar-refractivity contribution >= 4 is 5.52 Å². The fourth-order valence-corrected chi connectivity index (χ4v) is 2.71. The Hall–Kier alpha value is -1.35. The number of piperidine rings is 1. The fourth-order valence-electron chi connectivity index (χ4n) is 2.71. The molecule has 3 rings (SSSR count). The minimum Gasteiger partial charge on any atom is -0.320 e. The number of nitrogens with zero attached hydrogens (tertiary/aromatic N) is 2. The molecule has 2 aromatic rings. The minimum absolute atomic E-state index is 0.654. The maximum atomic E-state index is 4.39. The Balaban J connectivity index is 2.09. The van der Waals surface area contributed by atoms with Crippen molar-refractivity contribution in [1.29, 1.82) is 0 Å². The van der Waals surface area contributed by atoms with Crippen LogP contribution in [0.5, 0.6) is 0 Å². The molecule has 0 bridgehead atoms. The van der Waals surface area contributed by atoms with Gasteiger partial charge in [0.05, 0.1) is 11.2 Å². The third-order valence-electron chi connectivity index (χ3n) is 3.52. The van der Waals surface area contributed by atoms with E-state index in [-0.39, 0.29) is 0 Å². The van der Waals surface area contributed by atoms with Gasteiger partial charge < -0.3 is 9.72 Å². The molecule has 1 unspecified atom stereocenters. The highest BCUT2D eigenvalue weighted by Gasteiger charge is 2.19. The number of rotatable bonds is 1. The van der Waals surface area contributed by atoms with E-state index in [9.17, 15) is 0 Å². The highest BCUT2D eigenvalue weighted by molar-refractivity contribution is 5.60. The number of hydrogen-bond donors (Lipinski definition) is 1. The van der Waals surface area contributed by atoms with Crippen LogP contribution < -0.4 is 5.32 Å². The molecule has 1 N–H and O–H groups in total. The molecule has 0 radical (unpaired) electrons. The summed E-state index contributed by atoms with van der Waals surface area (Å²) in [6, 6.07) is 2.25. The second kappa shape index (κ2) is 3.91. The number of nitrogens with one attached hydrogen (secondary N) is 1. The first-order valence-electron chi connectivity index (χ1n) is 5.99. The van der Waals surface area contributed by atoms with E-state index in [2.05, 4.69) is 33.9 Å². The Labute approximate surface area is 95.5 Å². The lowest BCUT2D eigenvalue weighted by atomic mass is 9.92. The van der Waals surface area contributed by atoms with Gasteiger partial charge in [-0.05, 0) is 43.9 Å². The third-order valence-corrected chi connectivity index (χ3v) is 3.52. The summed E-state index contributed by atoms with van der Waals surface area (Å²) in [5.41, 5.74) is 3.89. The van der Waals surface area contributed by atoms with E-state index in [1.807, 2.05) is 12.4 Å². The molecule has 1 saturated heterocycles. The van der Waals surface area contributed by atoms with Gasteiger partial charge in [0, 0.05) is 25.1 Å². The van der Waals surface area contributed by atoms with Crippen molar-refractivity contribution < 1.29 is 0 Å². The van der Waals surface area contributed by atoms with Crippen molar-refractivity contribution in [2.75, 3.05) is 13.1 Å². The lowest BCUT2D eigenvalue weighted by Gasteiger charge is -2.22. The summed E-state index contributed by atoms with van der Waals surface area (Å²) in [4.78, 5) is 4.39. The zero-order valence-electron chi connectivity index (χ0n) is 9.61. The monoisotopic (exact) mass is 215 g/mol. The van der Waals surface area contributed by atoms with Crippen molar-refractivity contribution in [3.8, 4) is 0 Å². The molecule has 0 aliphatic carbocycles. The first kappa shape index (κ1) is 9.85. The van der Waals surface area contributed by atoms with Crippen molar-refractivity contribution in [1.82, 2.24) is 14.7 Å². The maximum Gasteiger partial charge on any atom is 0.0699 e. The Morgan fingerprint density at radius 3 is 3.19 bits per heavy atom. The topological polar surface area (TPSA) is 29.3 Å². The van der Waals surface area contributed by atoms with Gasteiger partial charge in [-0.1, -0.05) is 0 Å². The van der Waals surface area contributed by atoms with Crippen LogP contribution in [0.2, 0.25) is 0 Å². The Morgan fingerprint density at radius 2 is 2.38 bits per heavy atom. The Bertz CT molecular complexity index is 495. The number of aromatic nitrogens is 2. The summed E-state index contributed by atoms with van der Waals surface area (Å²) >= 11 is 0. The van der Waals surface area contributed by atoms with Crippen molar-refractivity contribution in [3.05, 3.63) is 35.9 Å². The third kappa shape index (κ3) is 1.52. The molecule has 0 spiro atoms. The van der Waals surface area contributed by atoms with Gasteiger partial charge in [-0.2, -0.15) is 0 Å². The van der Waals surface area contributed by atoms with Gasteiger partial charge in [-0.3, -0.25) is 4.98 Å². The van der Waals surface area contributed by atoms with Gasteiger partial charge in [-0.15, -0.1) is 0 Å². The molecular formula is C13H17N3. The smallest absolute Gasteiger partial charge is 0.0699 e. The molecular weight excluding hydrogens is 198 g/mol. The number of fused-ring (bicyclic) bond motifs is 1. The molecule has 1 aliphatic heterocycles. The second-order valence-corrected chi connectivity index (χ2v) is 4.58. The Morgan fingerprint density at radius 1 is 1.44 bits per heavy atom. The molecule has 0 aromatic carbocycles. The molecule has 16 heavy (non-hydrogen) atoms. The molecule has 1 fully saturated rings. The molecule has 84 valence electrons. The van der Waals surface area contributed by atoms with Crippen LogP contribution in [0, 0.1) is 6.92 Å². The summed E-state index contributed by atoms with van der Waals surface area (Å²) in [5.74, 6) is 0.654. The molecule has 2 aromatic heterocycles. The van der Waals surface area contributed by atoms with Crippen LogP contribution in [0.25, 0.3) is 5.52 Å². The van der Waals surface area contributed by atoms with E-state index in [4.69, 9.17) is 0 Å². The van der Waals surface area contributed by atoms with E-state index in [1.54, 1.807) is 0 Å². The summed E-state index contributed by atoms with van der Waals surface area (Å²) in [5, 5.41) is 3.48. The highest BCUT2D eigenvalue weighted by Crippen LogP contribution is 2.28. The number of hydrogen-bond acceptors (Lipinski definition) is 2. The molecule has 3 heterocycles. The SMILES string of the molecule is Cc1nccn2ccc(C3CCCNC3)c12. The van der Waals surface area contributed by atoms with E-state index >= 15 is 0 Å². The van der Waals surface area contributed by atoms with Crippen LogP contribution in [0.3, 0.4) is 0 Å². The van der Waals surface area contributed by atoms with Gasteiger partial charge >= 0.3 is 0 Å². The zero-order valence-corrected chi connectivity index (χ0v) is 9.61. The normalized spacial score (nSPS) is 21.4. The van der Waals surface area contributed by atoms with Crippen LogP contribution in [0.1, 0.15) is 30.0 Å². The zero-order chi connectivity index (χ0) is 11.0. The van der Waals surface area contributed by atoms with Crippen molar-refractivity contribution in [2.45, 2.75) is 25.7 Å². The predicted octanol–water partition coefficient (Wildman–Crippen LogP) is 2.11. The van der Waals surface area contributed by atoms with Gasteiger partial charge in [0.15, 0.2) is 0 Å². The first-order chi connectivity index (χ1) is 7.86. The molecule has 3 nitrogen and oxygen atoms in total. The molecule has 1 aliphatic rings. The summed E-state index contributed by atoms with van der Waals surface area (Å²) < 4.78 is 2.19. The second-order valence-electron chi connectivity index (χ2n) is 4.58. The Kier molecular flexibility index (Phi) is 2.40. The molecule has 0 amide bonds. The lowest BCUT2D eigenvalue weighted by Crippen LogP contribution is -2.28. The summed E-state index contributed by atoms with van der Waals surface area (Å²) in [7, 11) is 0. The largest absolute Gasteiger partial charge is 0.320 e. The van der Waals surface area contributed by atoms with Gasteiger partial charge in [0.25, 0.3) is 0 Å². The highest BCUT2D eigenvalue weighted by atomic mass is 14.9. The van der Waals surface area contributed by atoms with E-state index in [0.29, 0.717) is 5.92 Å². The average Bonchev–Trinajstić information content (AvgIpc) is 2.75. The van der Waals surface area contributed by atoms with Crippen LogP contribution in [-0.4, -0.2) is 22.5 Å². The van der Waals surface area contributed by atoms with E-state index in [1.165, 1.54) is 30.5 Å². The first-order valence-corrected chi connectivity index (χ1v) is 5.99. The van der Waals surface area contributed by atoms with E-state index < -0.39 is 0 Å².